The molecule has 0 spiro atoms. The van der Waals surface area contributed by atoms with Gasteiger partial charge < -0.3 is 14.2 Å². The highest BCUT2D eigenvalue weighted by Crippen LogP contribution is 2.33. The van der Waals surface area contributed by atoms with E-state index in [1.54, 1.807) is 24.3 Å². The number of carbonyl (C=O) groups excluding carboxylic acids is 2. The maximum Gasteiger partial charge on any atom is 0.351 e. The van der Waals surface area contributed by atoms with Gasteiger partial charge in [-0.1, -0.05) is 30.3 Å². The van der Waals surface area contributed by atoms with Crippen molar-refractivity contribution in [2.75, 3.05) is 12.1 Å². The van der Waals surface area contributed by atoms with E-state index in [1.807, 2.05) is 11.5 Å². The van der Waals surface area contributed by atoms with E-state index in [0.29, 0.717) is 11.1 Å². The molecule has 0 radical (unpaired) electrons. The van der Waals surface area contributed by atoms with Gasteiger partial charge in [0.1, 0.15) is 12.7 Å². The van der Waals surface area contributed by atoms with Crippen molar-refractivity contribution in [3.05, 3.63) is 47.0 Å². The van der Waals surface area contributed by atoms with Crippen LogP contribution in [0.4, 0.5) is 5.82 Å². The van der Waals surface area contributed by atoms with Gasteiger partial charge >= 0.3 is 17.6 Å². The van der Waals surface area contributed by atoms with Crippen molar-refractivity contribution in [3.8, 4) is 11.1 Å². The van der Waals surface area contributed by atoms with E-state index in [2.05, 4.69) is 4.98 Å². The van der Waals surface area contributed by atoms with E-state index >= 15 is 0 Å². The molecule has 0 bridgehead atoms. The quantitative estimate of drug-likeness (QED) is 0.544. The molecule has 29 heavy (non-hydrogen) atoms. The molecule has 10 heteroatoms. The molecule has 3 rings (SSSR count). The van der Waals surface area contributed by atoms with E-state index in [-0.39, 0.29) is 18.8 Å². The lowest BCUT2D eigenvalue weighted by Gasteiger charge is -2.21. The van der Waals surface area contributed by atoms with Gasteiger partial charge in [-0.05, 0) is 5.56 Å². The Bertz CT molecular complexity index is 945. The third-order valence-electron chi connectivity index (χ3n) is 4.35. The zero-order valence-corrected chi connectivity index (χ0v) is 15.9. The lowest BCUT2D eigenvalue weighted by atomic mass is 10.1. The van der Waals surface area contributed by atoms with Crippen LogP contribution in [-0.2, 0) is 23.8 Å². The molecule has 0 amide bonds. The smallest absolute Gasteiger partial charge is 0.351 e. The number of aromatic nitrogens is 2. The first-order valence-corrected chi connectivity index (χ1v) is 8.93. The normalized spacial score (nSPS) is 20.9. The van der Waals surface area contributed by atoms with Crippen LogP contribution in [-0.4, -0.2) is 45.5 Å². The minimum Gasteiger partial charge on any atom is -0.463 e. The monoisotopic (exact) mass is 403 g/mol. The number of hydrogen-bond acceptors (Lipinski definition) is 9. The Morgan fingerprint density at radius 1 is 1.28 bits per heavy atom. The molecule has 0 aliphatic carbocycles. The van der Waals surface area contributed by atoms with Crippen molar-refractivity contribution in [2.24, 2.45) is 0 Å². The van der Waals surface area contributed by atoms with Crippen LogP contribution >= 0.6 is 0 Å². The fourth-order valence-electron chi connectivity index (χ4n) is 3.16. The minimum atomic E-state index is -0.963. The molecule has 2 aromatic rings. The molecule has 3 atom stereocenters. The van der Waals surface area contributed by atoms with Crippen molar-refractivity contribution in [1.82, 2.24) is 9.55 Å². The summed E-state index contributed by atoms with van der Waals surface area (Å²) in [5.74, 6) is -1.02. The maximum absolute atomic E-state index is 12.6. The molecule has 1 aliphatic heterocycles. The summed E-state index contributed by atoms with van der Waals surface area (Å²) < 4.78 is 17.3. The van der Waals surface area contributed by atoms with Gasteiger partial charge in [-0.25, -0.2) is 4.79 Å². The summed E-state index contributed by atoms with van der Waals surface area (Å²) in [6, 6.07) is 9.00. The van der Waals surface area contributed by atoms with Crippen LogP contribution in [0.15, 0.2) is 41.3 Å². The lowest BCUT2D eigenvalue weighted by molar-refractivity contribution is -0.153. The average molecular weight is 403 g/mol. The predicted octanol–water partition coefficient (Wildman–Crippen LogP) is 1.49. The number of carbonyl (C=O) groups is 2. The number of anilines is 1. The van der Waals surface area contributed by atoms with Crippen LogP contribution in [0, 0.1) is 0 Å². The Labute approximate surface area is 166 Å². The second-order valence-electron chi connectivity index (χ2n) is 6.51. The molecule has 1 aromatic carbocycles. The van der Waals surface area contributed by atoms with E-state index in [1.165, 1.54) is 24.6 Å². The molecule has 1 fully saturated rings. The number of nitrogens with zero attached hydrogens (tertiary/aromatic N) is 2. The maximum atomic E-state index is 12.6. The number of benzene rings is 1. The number of esters is 2. The summed E-state index contributed by atoms with van der Waals surface area (Å²) >= 11 is 0. The van der Waals surface area contributed by atoms with E-state index < -0.39 is 36.1 Å². The Kier molecular flexibility index (Phi) is 6.25. The van der Waals surface area contributed by atoms with Gasteiger partial charge in [-0.15, -0.1) is 0 Å². The van der Waals surface area contributed by atoms with Crippen molar-refractivity contribution in [2.45, 2.75) is 38.7 Å². The third-order valence-corrected chi connectivity index (χ3v) is 4.35. The van der Waals surface area contributed by atoms with Crippen molar-refractivity contribution < 1.29 is 29.0 Å². The van der Waals surface area contributed by atoms with Crippen molar-refractivity contribution in [1.29, 1.82) is 0 Å². The summed E-state index contributed by atoms with van der Waals surface area (Å²) in [6.45, 7) is 2.50. The Morgan fingerprint density at radius 3 is 2.62 bits per heavy atom. The molecule has 1 aromatic heterocycles. The van der Waals surface area contributed by atoms with Crippen LogP contribution < -0.4 is 11.2 Å². The SMILES string of the molecule is CC(=O)OC[C@@H]1C[C@@H](OC(C)=O)[C@H](n2cc(-c3ccccc3)c(NO)nc2=O)O1. The number of rotatable bonds is 6. The summed E-state index contributed by atoms with van der Waals surface area (Å²) in [5, 5.41) is 9.39. The van der Waals surface area contributed by atoms with E-state index in [4.69, 9.17) is 14.2 Å². The minimum absolute atomic E-state index is 0.0176. The van der Waals surface area contributed by atoms with Crippen molar-refractivity contribution >= 4 is 17.8 Å². The van der Waals surface area contributed by atoms with Gasteiger partial charge in [-0.3, -0.25) is 24.8 Å². The second kappa shape index (κ2) is 8.84. The van der Waals surface area contributed by atoms with Gasteiger partial charge in [-0.2, -0.15) is 4.98 Å². The van der Waals surface area contributed by atoms with Gasteiger partial charge in [0, 0.05) is 32.0 Å². The van der Waals surface area contributed by atoms with Crippen LogP contribution in [0.3, 0.4) is 0 Å². The Morgan fingerprint density at radius 2 is 2.00 bits per heavy atom. The molecule has 0 saturated carbocycles. The summed E-state index contributed by atoms with van der Waals surface area (Å²) in [6.07, 6.45) is -0.585. The highest BCUT2D eigenvalue weighted by atomic mass is 16.6. The van der Waals surface area contributed by atoms with Gasteiger partial charge in [0.15, 0.2) is 12.0 Å². The van der Waals surface area contributed by atoms with E-state index in [9.17, 15) is 19.6 Å². The van der Waals surface area contributed by atoms with E-state index in [0.717, 1.165) is 0 Å². The molecule has 154 valence electrons. The fraction of sp³-hybridized carbons (Fsp3) is 0.368. The zero-order valence-electron chi connectivity index (χ0n) is 15.9. The van der Waals surface area contributed by atoms with Crippen LogP contribution in [0.25, 0.3) is 11.1 Å². The third kappa shape index (κ3) is 4.79. The molecule has 1 saturated heterocycles. The standard InChI is InChI=1S/C19H21N3O7/c1-11(23)27-10-14-8-16(28-12(2)24)18(29-14)22-9-15(13-6-4-3-5-7-13)17(21-26)20-19(22)25/h3-7,9,14,16,18,26H,8,10H2,1-2H3,(H,20,21,25)/t14-,16+,18+/m0/s1. The summed E-state index contributed by atoms with van der Waals surface area (Å²) in [5.41, 5.74) is 2.36. The average Bonchev–Trinajstić information content (AvgIpc) is 3.08. The molecule has 1 aliphatic rings. The summed E-state index contributed by atoms with van der Waals surface area (Å²) in [4.78, 5) is 39.0. The summed E-state index contributed by atoms with van der Waals surface area (Å²) in [7, 11) is 0. The Hall–Kier alpha value is -3.24. The number of nitrogens with one attached hydrogen (secondary N) is 1. The van der Waals surface area contributed by atoms with Gasteiger partial charge in [0.25, 0.3) is 0 Å². The molecule has 0 unspecified atom stereocenters. The molecular formula is C19H21N3O7. The first-order chi connectivity index (χ1) is 13.9. The molecule has 2 N–H and O–H groups in total. The van der Waals surface area contributed by atoms with Crippen LogP contribution in [0.1, 0.15) is 26.5 Å². The highest BCUT2D eigenvalue weighted by Gasteiger charge is 2.40. The molecule has 2 heterocycles. The van der Waals surface area contributed by atoms with Gasteiger partial charge in [0.2, 0.25) is 0 Å². The zero-order chi connectivity index (χ0) is 21.0. The lowest BCUT2D eigenvalue weighted by Crippen LogP contribution is -2.34. The first-order valence-electron chi connectivity index (χ1n) is 8.93. The van der Waals surface area contributed by atoms with Gasteiger partial charge in [0.05, 0.1) is 6.10 Å². The number of hydrogen-bond donors (Lipinski definition) is 2. The van der Waals surface area contributed by atoms with Crippen molar-refractivity contribution in [3.63, 3.8) is 0 Å². The highest BCUT2D eigenvalue weighted by molar-refractivity contribution is 5.73. The second-order valence-corrected chi connectivity index (χ2v) is 6.51. The molecular weight excluding hydrogens is 382 g/mol. The van der Waals surface area contributed by atoms with Crippen LogP contribution in [0.2, 0.25) is 0 Å². The number of ether oxygens (including phenoxy) is 3. The topological polar surface area (TPSA) is 129 Å². The predicted molar refractivity (Wildman–Crippen MR) is 100 cm³/mol. The fourth-order valence-corrected chi connectivity index (χ4v) is 3.16. The Balaban J connectivity index is 1.99. The first kappa shape index (κ1) is 20.5. The largest absolute Gasteiger partial charge is 0.463 e. The van der Waals surface area contributed by atoms with Crippen LogP contribution in [0.5, 0.6) is 0 Å². The molecule has 10 nitrogen and oxygen atoms in total.